The fourth-order valence-corrected chi connectivity index (χ4v) is 2.96. The van der Waals surface area contributed by atoms with Crippen molar-refractivity contribution >= 4 is 12.4 Å². The van der Waals surface area contributed by atoms with Gasteiger partial charge in [0.1, 0.15) is 11.9 Å². The van der Waals surface area contributed by atoms with Crippen molar-refractivity contribution < 1.29 is 27.5 Å². The summed E-state index contributed by atoms with van der Waals surface area (Å²) in [5.74, 6) is -0.914. The summed E-state index contributed by atoms with van der Waals surface area (Å²) in [6.07, 6.45) is -3.72. The molecule has 25 heavy (non-hydrogen) atoms. The number of alkyl halides is 3. The number of carbonyl (C=O) groups excluding carboxylic acids is 2. The Hall–Kier alpha value is -2.05. The summed E-state index contributed by atoms with van der Waals surface area (Å²) in [4.78, 5) is 25.1. The zero-order valence-corrected chi connectivity index (χ0v) is 14.5. The number of aldehydes is 1. The van der Waals surface area contributed by atoms with E-state index >= 15 is 0 Å². The Morgan fingerprint density at radius 3 is 2.56 bits per heavy atom. The zero-order chi connectivity index (χ0) is 18.8. The van der Waals surface area contributed by atoms with Crippen molar-refractivity contribution in [2.24, 2.45) is 5.92 Å². The van der Waals surface area contributed by atoms with Crippen LogP contribution in [-0.2, 0) is 15.7 Å². The number of benzene rings is 1. The van der Waals surface area contributed by atoms with Crippen LogP contribution in [0.25, 0.3) is 0 Å². The number of likely N-dealkylation sites (tertiary alicyclic amines) is 1. The molecule has 1 fully saturated rings. The van der Waals surface area contributed by atoms with E-state index < -0.39 is 29.4 Å². The lowest BCUT2D eigenvalue weighted by Crippen LogP contribution is -2.35. The molecule has 1 aliphatic rings. The monoisotopic (exact) mass is 357 g/mol. The highest BCUT2D eigenvalue weighted by Crippen LogP contribution is 2.35. The molecule has 0 saturated carbocycles. The summed E-state index contributed by atoms with van der Waals surface area (Å²) >= 11 is 0. The van der Waals surface area contributed by atoms with Gasteiger partial charge in [-0.3, -0.25) is 0 Å². The van der Waals surface area contributed by atoms with Gasteiger partial charge in [-0.25, -0.2) is 4.79 Å². The summed E-state index contributed by atoms with van der Waals surface area (Å²) in [5, 5.41) is 0. The van der Waals surface area contributed by atoms with Crippen molar-refractivity contribution in [3.05, 3.63) is 35.4 Å². The molecule has 0 bridgehead atoms. The average molecular weight is 357 g/mol. The molecule has 1 aromatic rings. The number of amides is 1. The Balaban J connectivity index is 2.12. The molecule has 0 N–H and O–H groups in total. The number of carbonyl (C=O) groups is 2. The van der Waals surface area contributed by atoms with Crippen molar-refractivity contribution in [1.29, 1.82) is 0 Å². The second-order valence-electron chi connectivity index (χ2n) is 7.26. The lowest BCUT2D eigenvalue weighted by molar-refractivity contribution is -0.137. The van der Waals surface area contributed by atoms with Crippen LogP contribution in [0.1, 0.15) is 44.2 Å². The fourth-order valence-electron chi connectivity index (χ4n) is 2.96. The van der Waals surface area contributed by atoms with Gasteiger partial charge in [0.15, 0.2) is 0 Å². The normalized spacial score (nSPS) is 19.6. The van der Waals surface area contributed by atoms with Crippen molar-refractivity contribution in [2.45, 2.75) is 44.9 Å². The summed E-state index contributed by atoms with van der Waals surface area (Å²) in [6, 6.07) is 4.81. The van der Waals surface area contributed by atoms with Crippen LogP contribution < -0.4 is 0 Å². The number of hydrogen-bond acceptors (Lipinski definition) is 3. The summed E-state index contributed by atoms with van der Waals surface area (Å²) in [5.41, 5.74) is -1.08. The lowest BCUT2D eigenvalue weighted by Gasteiger charge is -2.25. The first-order valence-corrected chi connectivity index (χ1v) is 8.11. The maximum absolute atomic E-state index is 12.9. The predicted molar refractivity (Wildman–Crippen MR) is 86.2 cm³/mol. The van der Waals surface area contributed by atoms with Gasteiger partial charge in [0.05, 0.1) is 5.56 Å². The van der Waals surface area contributed by atoms with E-state index in [9.17, 15) is 22.8 Å². The minimum Gasteiger partial charge on any atom is -0.444 e. The van der Waals surface area contributed by atoms with Gasteiger partial charge < -0.3 is 14.4 Å². The van der Waals surface area contributed by atoms with Crippen LogP contribution in [0.4, 0.5) is 18.0 Å². The molecule has 0 aromatic heterocycles. The molecule has 2 atom stereocenters. The molecule has 7 heteroatoms. The molecule has 1 amide bonds. The molecule has 0 radical (unpaired) electrons. The lowest BCUT2D eigenvalue weighted by atomic mass is 9.86. The van der Waals surface area contributed by atoms with E-state index in [1.54, 1.807) is 20.8 Å². The molecule has 1 aliphatic heterocycles. The quantitative estimate of drug-likeness (QED) is 0.760. The number of nitrogens with zero attached hydrogens (tertiary/aromatic N) is 1. The van der Waals surface area contributed by atoms with Crippen molar-refractivity contribution in [1.82, 2.24) is 4.90 Å². The third kappa shape index (κ3) is 4.96. The van der Waals surface area contributed by atoms with E-state index in [0.29, 0.717) is 24.8 Å². The standard InChI is InChI=1S/C18H22F3NO3/c1-17(2,3)25-16(24)22-8-7-13(10-22)15(11-23)12-5-4-6-14(9-12)18(19,20)21/h4-6,9,11,13,15H,7-8,10H2,1-3H3. The average Bonchev–Trinajstić information content (AvgIpc) is 2.95. The second kappa shape index (κ2) is 7.06. The molecule has 1 aromatic carbocycles. The maximum atomic E-state index is 12.9. The molecule has 1 saturated heterocycles. The highest BCUT2D eigenvalue weighted by Gasteiger charge is 2.36. The van der Waals surface area contributed by atoms with Crippen LogP contribution in [0.5, 0.6) is 0 Å². The van der Waals surface area contributed by atoms with Gasteiger partial charge in [-0.2, -0.15) is 13.2 Å². The topological polar surface area (TPSA) is 46.6 Å². The summed E-state index contributed by atoms with van der Waals surface area (Å²) in [7, 11) is 0. The van der Waals surface area contributed by atoms with Crippen molar-refractivity contribution in [3.8, 4) is 0 Å². The first-order valence-electron chi connectivity index (χ1n) is 8.11. The third-order valence-corrected chi connectivity index (χ3v) is 4.13. The van der Waals surface area contributed by atoms with E-state index in [1.807, 2.05) is 0 Å². The first kappa shape index (κ1) is 19.3. The molecule has 2 rings (SSSR count). The Labute approximate surface area is 144 Å². The van der Waals surface area contributed by atoms with E-state index in [1.165, 1.54) is 17.0 Å². The fraction of sp³-hybridized carbons (Fsp3) is 0.556. The van der Waals surface area contributed by atoms with E-state index in [4.69, 9.17) is 4.74 Å². The van der Waals surface area contributed by atoms with E-state index in [-0.39, 0.29) is 12.5 Å². The van der Waals surface area contributed by atoms with Gasteiger partial charge in [-0.15, -0.1) is 0 Å². The number of halogens is 3. The molecule has 0 aliphatic carbocycles. The van der Waals surface area contributed by atoms with Crippen molar-refractivity contribution in [2.75, 3.05) is 13.1 Å². The van der Waals surface area contributed by atoms with Crippen molar-refractivity contribution in [3.63, 3.8) is 0 Å². The predicted octanol–water partition coefficient (Wildman–Crippen LogP) is 4.24. The van der Waals surface area contributed by atoms with Gasteiger partial charge in [-0.1, -0.05) is 18.2 Å². The SMILES string of the molecule is CC(C)(C)OC(=O)N1CCC(C(C=O)c2cccc(C(F)(F)F)c2)C1. The number of rotatable bonds is 3. The molecular weight excluding hydrogens is 335 g/mol. The zero-order valence-electron chi connectivity index (χ0n) is 14.5. The summed E-state index contributed by atoms with van der Waals surface area (Å²) < 4.78 is 43.9. The Kier molecular flexibility index (Phi) is 5.44. The Morgan fingerprint density at radius 2 is 2.00 bits per heavy atom. The van der Waals surface area contributed by atoms with Crippen LogP contribution in [0.2, 0.25) is 0 Å². The highest BCUT2D eigenvalue weighted by atomic mass is 19.4. The van der Waals surface area contributed by atoms with Crippen LogP contribution in [0.3, 0.4) is 0 Å². The second-order valence-corrected chi connectivity index (χ2v) is 7.26. The Morgan fingerprint density at radius 1 is 1.32 bits per heavy atom. The molecule has 2 unspecified atom stereocenters. The van der Waals surface area contributed by atoms with Gasteiger partial charge in [0.25, 0.3) is 0 Å². The van der Waals surface area contributed by atoms with Gasteiger partial charge in [0, 0.05) is 19.0 Å². The largest absolute Gasteiger partial charge is 0.444 e. The molecule has 1 heterocycles. The van der Waals surface area contributed by atoms with Crippen LogP contribution in [0.15, 0.2) is 24.3 Å². The Bertz CT molecular complexity index is 637. The minimum atomic E-state index is -4.46. The highest BCUT2D eigenvalue weighted by molar-refractivity contribution is 5.69. The van der Waals surface area contributed by atoms with E-state index in [0.717, 1.165) is 12.1 Å². The smallest absolute Gasteiger partial charge is 0.416 e. The van der Waals surface area contributed by atoms with Gasteiger partial charge >= 0.3 is 12.3 Å². The molecule has 4 nitrogen and oxygen atoms in total. The van der Waals surface area contributed by atoms with E-state index in [2.05, 4.69) is 0 Å². The van der Waals surface area contributed by atoms with Crippen LogP contribution in [-0.4, -0.2) is 36.0 Å². The minimum absolute atomic E-state index is 0.228. The first-order chi connectivity index (χ1) is 11.5. The van der Waals surface area contributed by atoms with Crippen LogP contribution in [0, 0.1) is 5.92 Å². The van der Waals surface area contributed by atoms with Gasteiger partial charge in [0.2, 0.25) is 0 Å². The third-order valence-electron chi connectivity index (χ3n) is 4.13. The molecule has 0 spiro atoms. The number of ether oxygens (including phenoxy) is 1. The van der Waals surface area contributed by atoms with Crippen LogP contribution >= 0.6 is 0 Å². The number of hydrogen-bond donors (Lipinski definition) is 0. The molecular formula is C18H22F3NO3. The van der Waals surface area contributed by atoms with Gasteiger partial charge in [-0.05, 0) is 44.7 Å². The molecule has 138 valence electrons. The maximum Gasteiger partial charge on any atom is 0.416 e. The summed E-state index contributed by atoms with van der Waals surface area (Å²) in [6.45, 7) is 5.98.